The van der Waals surface area contributed by atoms with Crippen LogP contribution < -0.4 is 5.32 Å². The van der Waals surface area contributed by atoms with Crippen molar-refractivity contribution < 1.29 is 32.9 Å². The molecule has 3 unspecified atom stereocenters. The molecule has 0 heterocycles. The molecule has 1 amide bonds. The van der Waals surface area contributed by atoms with E-state index in [1.165, 1.54) is 225 Å². The number of quaternary nitrogens is 1. The third kappa shape index (κ3) is 54.5. The lowest BCUT2D eigenvalue weighted by atomic mass is 10.0. The minimum atomic E-state index is -4.35. The van der Waals surface area contributed by atoms with Crippen LogP contribution in [0.5, 0.6) is 0 Å². The largest absolute Gasteiger partial charge is 0.472 e. The van der Waals surface area contributed by atoms with Gasteiger partial charge in [-0.2, -0.15) is 0 Å². The topological polar surface area (TPSA) is 105 Å². The molecule has 70 heavy (non-hydrogen) atoms. The minimum absolute atomic E-state index is 0.0601. The molecule has 0 saturated carbocycles. The van der Waals surface area contributed by atoms with Gasteiger partial charge in [0.05, 0.1) is 39.9 Å². The maximum atomic E-state index is 13.0. The molecular weight excluding hydrogens is 888 g/mol. The summed E-state index contributed by atoms with van der Waals surface area (Å²) in [6.45, 7) is 4.82. The molecular formula is C61H120N2O6P+. The molecule has 3 N–H and O–H groups in total. The van der Waals surface area contributed by atoms with Crippen molar-refractivity contribution in [3.05, 3.63) is 36.5 Å². The number of allylic oxidation sites excluding steroid dienone is 5. The van der Waals surface area contributed by atoms with E-state index < -0.39 is 20.0 Å². The molecule has 0 radical (unpaired) electrons. The van der Waals surface area contributed by atoms with E-state index in [1.54, 1.807) is 6.08 Å². The van der Waals surface area contributed by atoms with Crippen LogP contribution in [0.25, 0.3) is 0 Å². The first-order valence-electron chi connectivity index (χ1n) is 30.4. The highest BCUT2D eigenvalue weighted by Gasteiger charge is 2.27. The van der Waals surface area contributed by atoms with Gasteiger partial charge in [0, 0.05) is 6.42 Å². The quantitative estimate of drug-likeness (QED) is 0.0243. The van der Waals surface area contributed by atoms with Crippen LogP contribution in [0.15, 0.2) is 36.5 Å². The van der Waals surface area contributed by atoms with Crippen LogP contribution in [0.3, 0.4) is 0 Å². The van der Waals surface area contributed by atoms with Gasteiger partial charge in [0.15, 0.2) is 0 Å². The molecule has 0 spiro atoms. The number of amides is 1. The van der Waals surface area contributed by atoms with Crippen molar-refractivity contribution >= 4 is 13.7 Å². The van der Waals surface area contributed by atoms with Crippen LogP contribution in [0.4, 0.5) is 0 Å². The fourth-order valence-corrected chi connectivity index (χ4v) is 9.81. The van der Waals surface area contributed by atoms with Crippen LogP contribution in [-0.4, -0.2) is 73.4 Å². The summed E-state index contributed by atoms with van der Waals surface area (Å²) in [5.74, 6) is -0.182. The smallest absolute Gasteiger partial charge is 0.387 e. The number of aliphatic hydroxyl groups excluding tert-OH is 1. The fourth-order valence-electron chi connectivity index (χ4n) is 9.08. The van der Waals surface area contributed by atoms with Gasteiger partial charge in [-0.15, -0.1) is 0 Å². The number of rotatable bonds is 56. The second-order valence-corrected chi connectivity index (χ2v) is 23.5. The summed E-state index contributed by atoms with van der Waals surface area (Å²) >= 11 is 0. The Kier molecular flexibility index (Phi) is 51.6. The van der Waals surface area contributed by atoms with Crippen molar-refractivity contribution in [1.29, 1.82) is 0 Å². The molecule has 0 aliphatic heterocycles. The maximum absolute atomic E-state index is 13.0. The molecule has 414 valence electrons. The summed E-state index contributed by atoms with van der Waals surface area (Å²) in [6.07, 6.45) is 68.3. The van der Waals surface area contributed by atoms with E-state index in [-0.39, 0.29) is 19.1 Å². The van der Waals surface area contributed by atoms with E-state index in [0.717, 1.165) is 51.4 Å². The summed E-state index contributed by atoms with van der Waals surface area (Å²) in [7, 11) is 1.57. The van der Waals surface area contributed by atoms with Crippen molar-refractivity contribution in [3.63, 3.8) is 0 Å². The van der Waals surface area contributed by atoms with Gasteiger partial charge in [-0.05, 0) is 51.4 Å². The lowest BCUT2D eigenvalue weighted by Gasteiger charge is -2.25. The number of aliphatic hydroxyl groups is 1. The van der Waals surface area contributed by atoms with Gasteiger partial charge >= 0.3 is 7.82 Å². The highest BCUT2D eigenvalue weighted by molar-refractivity contribution is 7.47. The molecule has 0 saturated heterocycles. The number of hydrogen-bond acceptors (Lipinski definition) is 5. The molecule has 0 bridgehead atoms. The number of phosphoric ester groups is 1. The van der Waals surface area contributed by atoms with Crippen LogP contribution in [-0.2, 0) is 18.4 Å². The number of nitrogens with one attached hydrogen (secondary N) is 1. The first kappa shape index (κ1) is 68.7. The Labute approximate surface area is 436 Å². The van der Waals surface area contributed by atoms with Gasteiger partial charge in [0.25, 0.3) is 0 Å². The fraction of sp³-hybridized carbons (Fsp3) is 0.885. The zero-order valence-corrected chi connectivity index (χ0v) is 48.2. The number of phosphoric acid groups is 1. The molecule has 0 aromatic heterocycles. The number of likely N-dealkylation sites (N-methyl/N-ethyl adjacent to an activating group) is 1. The lowest BCUT2D eigenvalue weighted by Crippen LogP contribution is -2.45. The van der Waals surface area contributed by atoms with E-state index in [9.17, 15) is 19.4 Å². The third-order valence-electron chi connectivity index (χ3n) is 13.9. The summed E-state index contributed by atoms with van der Waals surface area (Å²) in [5.41, 5.74) is 0. The summed E-state index contributed by atoms with van der Waals surface area (Å²) in [6, 6.07) is -0.851. The zero-order chi connectivity index (χ0) is 51.3. The molecule has 9 heteroatoms. The minimum Gasteiger partial charge on any atom is -0.387 e. The van der Waals surface area contributed by atoms with E-state index in [1.807, 2.05) is 27.2 Å². The van der Waals surface area contributed by atoms with Crippen molar-refractivity contribution in [2.24, 2.45) is 0 Å². The van der Waals surface area contributed by atoms with Crippen molar-refractivity contribution in [2.45, 2.75) is 309 Å². The Morgan fingerprint density at radius 3 is 1.20 bits per heavy atom. The Morgan fingerprint density at radius 1 is 0.486 bits per heavy atom. The number of carbonyl (C=O) groups excluding carboxylic acids is 1. The van der Waals surface area contributed by atoms with Crippen LogP contribution >= 0.6 is 7.82 Å². The monoisotopic (exact) mass is 1010 g/mol. The number of unbranched alkanes of at least 4 members (excludes halogenated alkanes) is 39. The normalized spacial score (nSPS) is 14.1. The third-order valence-corrected chi connectivity index (χ3v) is 14.8. The van der Waals surface area contributed by atoms with Gasteiger partial charge in [-0.25, -0.2) is 4.57 Å². The van der Waals surface area contributed by atoms with Gasteiger partial charge < -0.3 is 19.8 Å². The van der Waals surface area contributed by atoms with Crippen molar-refractivity contribution in [3.8, 4) is 0 Å². The maximum Gasteiger partial charge on any atom is 0.472 e. The Morgan fingerprint density at radius 2 is 0.814 bits per heavy atom. The molecule has 0 aromatic rings. The highest BCUT2D eigenvalue weighted by atomic mass is 31.2. The number of carbonyl (C=O) groups is 1. The van der Waals surface area contributed by atoms with E-state index in [2.05, 4.69) is 43.5 Å². The Bertz CT molecular complexity index is 1230. The summed E-state index contributed by atoms with van der Waals surface area (Å²) in [5, 5.41) is 13.9. The molecule has 0 aromatic carbocycles. The zero-order valence-electron chi connectivity index (χ0n) is 47.3. The lowest BCUT2D eigenvalue weighted by molar-refractivity contribution is -0.870. The first-order chi connectivity index (χ1) is 34.0. The van der Waals surface area contributed by atoms with Crippen LogP contribution in [0.1, 0.15) is 296 Å². The number of hydrogen-bond donors (Lipinski definition) is 3. The van der Waals surface area contributed by atoms with Crippen molar-refractivity contribution in [1.82, 2.24) is 5.32 Å². The van der Waals surface area contributed by atoms with Gasteiger partial charge in [-0.3, -0.25) is 13.8 Å². The standard InChI is InChI=1S/C61H119N2O6P/c1-6-8-10-12-14-16-18-20-22-24-25-26-27-28-29-30-31-32-33-34-35-36-37-39-40-42-44-46-48-50-52-54-60(64)59(58-69-70(66,67)68-57-56-63(3,4)5)62-61(65)55-53-51-49-47-45-43-41-38-23-21-19-17-15-13-11-9-7-2/h15,17,21,23,52,54,59-60,64H,6-14,16,18-20,22,24-51,53,55-58H2,1-5H3,(H-,62,65,66,67)/p+1/b17-15-,23-21-,54-52+. The van der Waals surface area contributed by atoms with Gasteiger partial charge in [0.2, 0.25) is 5.91 Å². The van der Waals surface area contributed by atoms with Gasteiger partial charge in [0.1, 0.15) is 13.2 Å². The predicted octanol–water partition coefficient (Wildman–Crippen LogP) is 18.5. The van der Waals surface area contributed by atoms with Crippen LogP contribution in [0, 0.1) is 0 Å². The Hall–Kier alpha value is -1.28. The molecule has 0 aliphatic carbocycles. The average Bonchev–Trinajstić information content (AvgIpc) is 3.32. The first-order valence-corrected chi connectivity index (χ1v) is 31.9. The highest BCUT2D eigenvalue weighted by Crippen LogP contribution is 2.43. The molecule has 8 nitrogen and oxygen atoms in total. The van der Waals surface area contributed by atoms with E-state index in [0.29, 0.717) is 17.4 Å². The molecule has 0 rings (SSSR count). The predicted molar refractivity (Wildman–Crippen MR) is 304 cm³/mol. The molecule has 0 aliphatic rings. The molecule has 3 atom stereocenters. The number of nitrogens with zero attached hydrogens (tertiary/aromatic N) is 1. The van der Waals surface area contributed by atoms with Crippen molar-refractivity contribution in [2.75, 3.05) is 40.9 Å². The second-order valence-electron chi connectivity index (χ2n) is 22.1. The van der Waals surface area contributed by atoms with Gasteiger partial charge in [-0.1, -0.05) is 275 Å². The second kappa shape index (κ2) is 52.6. The average molecular weight is 1010 g/mol. The summed E-state index contributed by atoms with van der Waals surface area (Å²) in [4.78, 5) is 23.3. The SMILES string of the molecule is CCCCC/C=C\C/C=C\CCCCCCCCCC(=O)NC(COP(=O)(O)OCC[N+](C)(C)C)C(O)/C=C/CCCCCCCCCCCCCCCCCCCCCCCCCCCCCCC. The summed E-state index contributed by atoms with van der Waals surface area (Å²) < 4.78 is 23.7. The van der Waals surface area contributed by atoms with E-state index in [4.69, 9.17) is 9.05 Å². The molecule has 0 fully saturated rings. The van der Waals surface area contributed by atoms with E-state index >= 15 is 0 Å². The Balaban J connectivity index is 4.10. The van der Waals surface area contributed by atoms with Crippen LogP contribution in [0.2, 0.25) is 0 Å².